The molecule has 0 aliphatic carbocycles. The van der Waals surface area contributed by atoms with E-state index in [2.05, 4.69) is 24.1 Å². The molecule has 0 bridgehead atoms. The van der Waals surface area contributed by atoms with Gasteiger partial charge < -0.3 is 9.64 Å². The lowest BCUT2D eigenvalue weighted by Crippen LogP contribution is -2.54. The smallest absolute Gasteiger partial charge is 0.269 e. The quantitative estimate of drug-likeness (QED) is 0.363. The Morgan fingerprint density at radius 1 is 1.00 bits per heavy atom. The summed E-state index contributed by atoms with van der Waals surface area (Å²) in [7, 11) is 0. The van der Waals surface area contributed by atoms with E-state index in [1.165, 1.54) is 4.90 Å². The highest BCUT2D eigenvalue weighted by atomic mass is 32.1. The number of thiocarbonyl (C=S) groups is 1. The molecule has 32 heavy (non-hydrogen) atoms. The summed E-state index contributed by atoms with van der Waals surface area (Å²) in [6.45, 7) is 10.8. The lowest BCUT2D eigenvalue weighted by molar-refractivity contribution is -0.122. The largest absolute Gasteiger partial charge is 0.457 e. The van der Waals surface area contributed by atoms with Gasteiger partial charge in [-0.3, -0.25) is 19.8 Å². The number of hydrogen-bond donors (Lipinski definition) is 1. The molecule has 0 aromatic heterocycles. The summed E-state index contributed by atoms with van der Waals surface area (Å²) in [5.41, 5.74) is 0.292. The average Bonchev–Trinajstić information content (AvgIpc) is 2.77. The Balaban J connectivity index is 1.83. The molecule has 0 unspecified atom stereocenters. The van der Waals surface area contributed by atoms with Crippen LogP contribution in [0.2, 0.25) is 0 Å². The molecular weight excluding hydrogens is 422 g/mol. The SMILES string of the molecule is CCN(CC)CC(C)(C)/C=C1\C(=O)NC(=S)N(c2ccc(Oc3ccccc3)cc2)C1=O. The van der Waals surface area contributed by atoms with Crippen molar-refractivity contribution in [3.05, 3.63) is 66.2 Å². The molecule has 0 saturated carbocycles. The van der Waals surface area contributed by atoms with Crippen molar-refractivity contribution < 1.29 is 14.3 Å². The molecule has 0 atom stereocenters. The van der Waals surface area contributed by atoms with Crippen molar-refractivity contribution >= 4 is 34.8 Å². The Morgan fingerprint density at radius 3 is 2.19 bits per heavy atom. The molecule has 0 radical (unpaired) electrons. The molecule has 2 amide bonds. The summed E-state index contributed by atoms with van der Waals surface area (Å²) in [5, 5.41) is 2.72. The number of para-hydroxylation sites is 1. The zero-order valence-electron chi connectivity index (χ0n) is 18.9. The molecule has 0 spiro atoms. The highest BCUT2D eigenvalue weighted by Gasteiger charge is 2.36. The molecule has 1 saturated heterocycles. The van der Waals surface area contributed by atoms with Gasteiger partial charge in [0.25, 0.3) is 11.8 Å². The first kappa shape index (κ1) is 23.6. The summed E-state index contributed by atoms with van der Waals surface area (Å²) >= 11 is 5.31. The third-order valence-corrected chi connectivity index (χ3v) is 5.52. The van der Waals surface area contributed by atoms with Crippen molar-refractivity contribution in [3.63, 3.8) is 0 Å². The van der Waals surface area contributed by atoms with Crippen molar-refractivity contribution in [2.24, 2.45) is 5.41 Å². The number of ether oxygens (including phenoxy) is 1. The zero-order valence-corrected chi connectivity index (χ0v) is 19.7. The monoisotopic (exact) mass is 451 g/mol. The van der Waals surface area contributed by atoms with Gasteiger partial charge in [-0.05, 0) is 67.1 Å². The van der Waals surface area contributed by atoms with Crippen LogP contribution >= 0.6 is 12.2 Å². The standard InChI is InChI=1S/C25H29N3O3S/c1-5-27(6-2)17-25(3,4)16-21-22(29)26-24(32)28(23(21)30)18-12-14-20(15-13-18)31-19-10-8-7-9-11-19/h7-16H,5-6,17H2,1-4H3,(H,26,29,32)/b21-16+. The van der Waals surface area contributed by atoms with Crippen LogP contribution in [0.3, 0.4) is 0 Å². The topological polar surface area (TPSA) is 61.9 Å². The normalized spacial score (nSPS) is 16.0. The maximum Gasteiger partial charge on any atom is 0.269 e. The van der Waals surface area contributed by atoms with Crippen LogP contribution in [0.4, 0.5) is 5.69 Å². The van der Waals surface area contributed by atoms with Crippen molar-refractivity contribution in [1.29, 1.82) is 0 Å². The van der Waals surface area contributed by atoms with E-state index in [1.54, 1.807) is 30.3 Å². The van der Waals surface area contributed by atoms with Crippen LogP contribution in [0.15, 0.2) is 66.2 Å². The fraction of sp³-hybridized carbons (Fsp3) is 0.320. The van der Waals surface area contributed by atoms with E-state index in [9.17, 15) is 9.59 Å². The minimum atomic E-state index is -0.465. The molecule has 2 aromatic rings. The molecule has 1 fully saturated rings. The van der Waals surface area contributed by atoms with Gasteiger partial charge in [0.15, 0.2) is 5.11 Å². The zero-order chi connectivity index (χ0) is 23.3. The van der Waals surface area contributed by atoms with E-state index in [4.69, 9.17) is 17.0 Å². The van der Waals surface area contributed by atoms with Crippen LogP contribution in [-0.4, -0.2) is 41.5 Å². The van der Waals surface area contributed by atoms with Crippen molar-refractivity contribution in [2.45, 2.75) is 27.7 Å². The van der Waals surface area contributed by atoms with E-state index in [1.807, 2.05) is 44.2 Å². The first-order valence-electron chi connectivity index (χ1n) is 10.7. The van der Waals surface area contributed by atoms with E-state index in [0.717, 1.165) is 25.4 Å². The fourth-order valence-corrected chi connectivity index (χ4v) is 3.92. The summed E-state index contributed by atoms with van der Waals surface area (Å²) < 4.78 is 5.81. The summed E-state index contributed by atoms with van der Waals surface area (Å²) in [4.78, 5) is 29.5. The molecular formula is C25H29N3O3S. The lowest BCUT2D eigenvalue weighted by atomic mass is 9.89. The second-order valence-corrected chi connectivity index (χ2v) is 8.70. The molecule has 6 nitrogen and oxygen atoms in total. The van der Waals surface area contributed by atoms with E-state index in [-0.39, 0.29) is 16.1 Å². The van der Waals surface area contributed by atoms with Crippen molar-refractivity contribution in [1.82, 2.24) is 10.2 Å². The van der Waals surface area contributed by atoms with Crippen LogP contribution in [0.1, 0.15) is 27.7 Å². The second kappa shape index (κ2) is 10.1. The molecule has 1 N–H and O–H groups in total. The third-order valence-electron chi connectivity index (χ3n) is 5.24. The minimum absolute atomic E-state index is 0.0652. The average molecular weight is 452 g/mol. The van der Waals surface area contributed by atoms with Crippen LogP contribution in [0.25, 0.3) is 0 Å². The predicted molar refractivity (Wildman–Crippen MR) is 131 cm³/mol. The molecule has 7 heteroatoms. The van der Waals surface area contributed by atoms with Gasteiger partial charge >= 0.3 is 0 Å². The highest BCUT2D eigenvalue weighted by Crippen LogP contribution is 2.28. The lowest BCUT2D eigenvalue weighted by Gasteiger charge is -2.32. The maximum atomic E-state index is 13.3. The van der Waals surface area contributed by atoms with Gasteiger partial charge in [-0.15, -0.1) is 0 Å². The third kappa shape index (κ3) is 5.60. The van der Waals surface area contributed by atoms with Gasteiger partial charge in [-0.1, -0.05) is 52.0 Å². The molecule has 1 heterocycles. The van der Waals surface area contributed by atoms with Gasteiger partial charge in [-0.2, -0.15) is 0 Å². The number of rotatable bonds is 8. The number of nitrogens with zero attached hydrogens (tertiary/aromatic N) is 2. The second-order valence-electron chi connectivity index (χ2n) is 8.32. The first-order chi connectivity index (χ1) is 15.2. The Bertz CT molecular complexity index is 1010. The summed E-state index contributed by atoms with van der Waals surface area (Å²) in [5.74, 6) is 0.462. The van der Waals surface area contributed by atoms with E-state index < -0.39 is 11.8 Å². The minimum Gasteiger partial charge on any atom is -0.457 e. The molecule has 168 valence electrons. The Labute approximate surface area is 194 Å². The van der Waals surface area contributed by atoms with Crippen LogP contribution in [0.5, 0.6) is 11.5 Å². The van der Waals surface area contributed by atoms with Crippen molar-refractivity contribution in [2.75, 3.05) is 24.5 Å². The Hall–Kier alpha value is -3.03. The maximum absolute atomic E-state index is 13.3. The van der Waals surface area contributed by atoms with Gasteiger partial charge in [0.2, 0.25) is 0 Å². The van der Waals surface area contributed by atoms with Crippen LogP contribution in [0, 0.1) is 5.41 Å². The van der Waals surface area contributed by atoms with Gasteiger partial charge in [0.05, 0.1) is 5.69 Å². The Morgan fingerprint density at radius 2 is 1.59 bits per heavy atom. The predicted octanol–water partition coefficient (Wildman–Crippen LogP) is 4.52. The fourth-order valence-electron chi connectivity index (χ4n) is 3.64. The number of carbonyl (C=O) groups is 2. The van der Waals surface area contributed by atoms with Crippen LogP contribution < -0.4 is 15.0 Å². The number of benzene rings is 2. The first-order valence-corrected chi connectivity index (χ1v) is 11.1. The molecule has 2 aromatic carbocycles. The molecule has 1 aliphatic heterocycles. The Kier molecular flexibility index (Phi) is 7.43. The number of nitrogens with one attached hydrogen (secondary N) is 1. The van der Waals surface area contributed by atoms with Gasteiger partial charge in [0.1, 0.15) is 17.1 Å². The van der Waals surface area contributed by atoms with Crippen LogP contribution in [-0.2, 0) is 9.59 Å². The highest BCUT2D eigenvalue weighted by molar-refractivity contribution is 7.80. The van der Waals surface area contributed by atoms with Gasteiger partial charge in [-0.25, -0.2) is 0 Å². The number of amides is 2. The van der Waals surface area contributed by atoms with Gasteiger partial charge in [0, 0.05) is 6.54 Å². The number of hydrogen-bond acceptors (Lipinski definition) is 5. The summed E-state index contributed by atoms with van der Waals surface area (Å²) in [6.07, 6.45) is 1.75. The molecule has 3 rings (SSSR count). The van der Waals surface area contributed by atoms with E-state index >= 15 is 0 Å². The summed E-state index contributed by atoms with van der Waals surface area (Å²) in [6, 6.07) is 16.5. The van der Waals surface area contributed by atoms with E-state index in [0.29, 0.717) is 11.4 Å². The number of carbonyl (C=O) groups excluding carboxylic acids is 2. The molecule has 1 aliphatic rings. The number of anilines is 1. The van der Waals surface area contributed by atoms with Crippen molar-refractivity contribution in [3.8, 4) is 11.5 Å².